The minimum Gasteiger partial charge on any atom is -0.322 e. The van der Waals surface area contributed by atoms with E-state index in [1.807, 2.05) is 0 Å². The Labute approximate surface area is 129 Å². The van der Waals surface area contributed by atoms with Crippen molar-refractivity contribution in [1.82, 2.24) is 20.6 Å². The van der Waals surface area contributed by atoms with E-state index in [4.69, 9.17) is 0 Å². The summed E-state index contributed by atoms with van der Waals surface area (Å²) < 4.78 is 0. The monoisotopic (exact) mass is 310 g/mol. The molecule has 9 heteroatoms. The summed E-state index contributed by atoms with van der Waals surface area (Å²) in [6.45, 7) is 0. The van der Waals surface area contributed by atoms with Crippen LogP contribution in [0.4, 0.5) is 11.4 Å². The van der Waals surface area contributed by atoms with Crippen molar-refractivity contribution in [3.63, 3.8) is 0 Å². The van der Waals surface area contributed by atoms with Crippen molar-refractivity contribution in [2.75, 3.05) is 5.32 Å². The summed E-state index contributed by atoms with van der Waals surface area (Å²) >= 11 is 0. The zero-order valence-corrected chi connectivity index (χ0v) is 11.6. The number of non-ortho nitro benzene ring substituents is 1. The normalized spacial score (nSPS) is 10.3. The van der Waals surface area contributed by atoms with Crippen LogP contribution in [0.1, 0.15) is 10.4 Å². The molecule has 0 unspecified atom stereocenters. The fraction of sp³-hybridized carbons (Fsp3) is 0. The van der Waals surface area contributed by atoms with E-state index in [0.717, 1.165) is 0 Å². The quantitative estimate of drug-likeness (QED) is 0.560. The average Bonchev–Trinajstić information content (AvgIpc) is 3.10. The largest absolute Gasteiger partial charge is 0.322 e. The van der Waals surface area contributed by atoms with Crippen molar-refractivity contribution in [2.45, 2.75) is 0 Å². The van der Waals surface area contributed by atoms with Gasteiger partial charge < -0.3 is 5.32 Å². The van der Waals surface area contributed by atoms with Gasteiger partial charge in [-0.25, -0.2) is 0 Å². The number of anilines is 1. The van der Waals surface area contributed by atoms with Crippen LogP contribution in [-0.4, -0.2) is 31.5 Å². The molecule has 0 aliphatic rings. The molecule has 0 aliphatic carbocycles. The van der Waals surface area contributed by atoms with Crippen molar-refractivity contribution < 1.29 is 9.72 Å². The second-order valence-electron chi connectivity index (χ2n) is 4.58. The zero-order valence-electron chi connectivity index (χ0n) is 11.6. The first kappa shape index (κ1) is 14.3. The Kier molecular flexibility index (Phi) is 3.75. The van der Waals surface area contributed by atoms with Crippen LogP contribution in [0, 0.1) is 10.1 Å². The molecule has 23 heavy (non-hydrogen) atoms. The molecule has 1 heterocycles. The highest BCUT2D eigenvalue weighted by Gasteiger charge is 2.12. The van der Waals surface area contributed by atoms with Crippen LogP contribution in [0.3, 0.4) is 0 Å². The number of rotatable bonds is 4. The molecule has 3 rings (SSSR count). The number of nitrogens with zero attached hydrogens (tertiary/aromatic N) is 4. The fourth-order valence-corrected chi connectivity index (χ4v) is 1.98. The van der Waals surface area contributed by atoms with Gasteiger partial charge in [0.1, 0.15) is 0 Å². The van der Waals surface area contributed by atoms with E-state index in [2.05, 4.69) is 25.9 Å². The van der Waals surface area contributed by atoms with Gasteiger partial charge >= 0.3 is 0 Å². The van der Waals surface area contributed by atoms with Gasteiger partial charge in [-0.05, 0) is 23.4 Å². The summed E-state index contributed by atoms with van der Waals surface area (Å²) in [6.07, 6.45) is 0. The average molecular weight is 310 g/mol. The highest BCUT2D eigenvalue weighted by molar-refractivity contribution is 6.04. The van der Waals surface area contributed by atoms with Crippen LogP contribution in [0.25, 0.3) is 11.4 Å². The first-order chi connectivity index (χ1) is 11.1. The van der Waals surface area contributed by atoms with Gasteiger partial charge in [0, 0.05) is 28.9 Å². The number of carbonyl (C=O) groups is 1. The molecule has 0 saturated heterocycles. The first-order valence-corrected chi connectivity index (χ1v) is 6.53. The lowest BCUT2D eigenvalue weighted by Crippen LogP contribution is -2.12. The van der Waals surface area contributed by atoms with Gasteiger partial charge in [0.2, 0.25) is 5.82 Å². The van der Waals surface area contributed by atoms with E-state index < -0.39 is 10.8 Å². The minimum atomic E-state index is -0.548. The maximum atomic E-state index is 12.2. The number of nitro groups is 1. The SMILES string of the molecule is O=C(Nc1cccc(-c2nn[nH]n2)c1)c1cccc([N+](=O)[O-])c1. The molecule has 3 aromatic rings. The summed E-state index contributed by atoms with van der Waals surface area (Å²) in [5.41, 5.74) is 1.25. The Bertz CT molecular complexity index is 862. The van der Waals surface area contributed by atoms with Gasteiger partial charge in [-0.2, -0.15) is 5.21 Å². The summed E-state index contributed by atoms with van der Waals surface area (Å²) in [5, 5.41) is 27.0. The molecule has 0 aliphatic heterocycles. The smallest absolute Gasteiger partial charge is 0.270 e. The van der Waals surface area contributed by atoms with Crippen molar-refractivity contribution in [3.05, 3.63) is 64.2 Å². The number of aromatic nitrogens is 4. The molecule has 0 spiro atoms. The Balaban J connectivity index is 1.82. The predicted molar refractivity (Wildman–Crippen MR) is 80.7 cm³/mol. The summed E-state index contributed by atoms with van der Waals surface area (Å²) in [4.78, 5) is 22.4. The molecule has 0 saturated carbocycles. The summed E-state index contributed by atoms with van der Waals surface area (Å²) in [7, 11) is 0. The van der Waals surface area contributed by atoms with Crippen LogP contribution in [0.2, 0.25) is 0 Å². The van der Waals surface area contributed by atoms with E-state index >= 15 is 0 Å². The lowest BCUT2D eigenvalue weighted by molar-refractivity contribution is -0.384. The van der Waals surface area contributed by atoms with Gasteiger partial charge in [-0.1, -0.05) is 18.2 Å². The topological polar surface area (TPSA) is 127 Å². The molecule has 114 valence electrons. The number of aromatic amines is 1. The lowest BCUT2D eigenvalue weighted by atomic mass is 10.1. The second kappa shape index (κ2) is 6.02. The molecule has 0 bridgehead atoms. The Morgan fingerprint density at radius 3 is 2.74 bits per heavy atom. The Morgan fingerprint density at radius 1 is 1.17 bits per heavy atom. The first-order valence-electron chi connectivity index (χ1n) is 6.53. The van der Waals surface area contributed by atoms with Crippen LogP contribution in [0.5, 0.6) is 0 Å². The molecule has 1 amide bonds. The van der Waals surface area contributed by atoms with Crippen molar-refractivity contribution in [3.8, 4) is 11.4 Å². The van der Waals surface area contributed by atoms with E-state index in [9.17, 15) is 14.9 Å². The van der Waals surface area contributed by atoms with Gasteiger partial charge in [0.05, 0.1) is 4.92 Å². The highest BCUT2D eigenvalue weighted by Crippen LogP contribution is 2.20. The summed E-state index contributed by atoms with van der Waals surface area (Å²) in [6, 6.07) is 12.4. The second-order valence-corrected chi connectivity index (χ2v) is 4.58. The number of amides is 1. The molecule has 2 N–H and O–H groups in total. The molecule has 1 aromatic heterocycles. The number of tetrazole rings is 1. The van der Waals surface area contributed by atoms with Gasteiger partial charge in [-0.15, -0.1) is 10.2 Å². The number of nitro benzene ring substituents is 1. The molecule has 0 fully saturated rings. The predicted octanol–water partition coefficient (Wildman–Crippen LogP) is 2.03. The minimum absolute atomic E-state index is 0.141. The van der Waals surface area contributed by atoms with Gasteiger partial charge in [-0.3, -0.25) is 14.9 Å². The number of benzene rings is 2. The van der Waals surface area contributed by atoms with Crippen LogP contribution >= 0.6 is 0 Å². The molecular weight excluding hydrogens is 300 g/mol. The number of carbonyl (C=O) groups excluding carboxylic acids is 1. The number of hydrogen-bond donors (Lipinski definition) is 2. The maximum absolute atomic E-state index is 12.2. The number of hydrogen-bond acceptors (Lipinski definition) is 6. The Morgan fingerprint density at radius 2 is 2.00 bits per heavy atom. The standard InChI is InChI=1S/C14H10N6O3/c21-14(10-4-2-6-12(8-10)20(22)23)15-11-5-1-3-9(7-11)13-16-18-19-17-13/h1-8H,(H,15,21)(H,16,17,18,19). The summed E-state index contributed by atoms with van der Waals surface area (Å²) in [5.74, 6) is -0.0459. The van der Waals surface area contributed by atoms with Crippen LogP contribution in [-0.2, 0) is 0 Å². The van der Waals surface area contributed by atoms with E-state index in [1.54, 1.807) is 24.3 Å². The third kappa shape index (κ3) is 3.18. The molecule has 9 nitrogen and oxygen atoms in total. The fourth-order valence-electron chi connectivity index (χ4n) is 1.98. The van der Waals surface area contributed by atoms with Crippen molar-refractivity contribution in [1.29, 1.82) is 0 Å². The van der Waals surface area contributed by atoms with Gasteiger partial charge in [0.25, 0.3) is 11.6 Å². The van der Waals surface area contributed by atoms with Crippen molar-refractivity contribution >= 4 is 17.3 Å². The van der Waals surface area contributed by atoms with E-state index in [1.165, 1.54) is 24.3 Å². The number of nitrogens with one attached hydrogen (secondary N) is 2. The Hall–Kier alpha value is -3.62. The molecule has 0 atom stereocenters. The maximum Gasteiger partial charge on any atom is 0.270 e. The highest BCUT2D eigenvalue weighted by atomic mass is 16.6. The van der Waals surface area contributed by atoms with Crippen molar-refractivity contribution in [2.24, 2.45) is 0 Å². The van der Waals surface area contributed by atoms with Crippen LogP contribution < -0.4 is 5.32 Å². The molecule has 2 aromatic carbocycles. The third-order valence-corrected chi connectivity index (χ3v) is 3.04. The van der Waals surface area contributed by atoms with Gasteiger partial charge in [0.15, 0.2) is 0 Å². The zero-order chi connectivity index (χ0) is 16.2. The molecular formula is C14H10N6O3. The number of H-pyrrole nitrogens is 1. The lowest BCUT2D eigenvalue weighted by Gasteiger charge is -2.06. The molecule has 0 radical (unpaired) electrons. The van der Waals surface area contributed by atoms with Crippen LogP contribution in [0.15, 0.2) is 48.5 Å². The van der Waals surface area contributed by atoms with E-state index in [0.29, 0.717) is 17.1 Å². The third-order valence-electron chi connectivity index (χ3n) is 3.04. The van der Waals surface area contributed by atoms with E-state index in [-0.39, 0.29) is 11.3 Å².